The van der Waals surface area contributed by atoms with Crippen LogP contribution in [0.25, 0.3) is 0 Å². The minimum atomic E-state index is -0.520. The zero-order valence-corrected chi connectivity index (χ0v) is 17.6. The SMILES string of the molecule is CC1(C)OCC(COc2ccc(C(C)(C)c3ccc(OCC4CO4)cc3)cc2)O1. The third-order valence-electron chi connectivity index (χ3n) is 5.49. The summed E-state index contributed by atoms with van der Waals surface area (Å²) in [5.74, 6) is 1.20. The number of hydrogen-bond donors (Lipinski definition) is 0. The normalized spacial score (nSPS) is 23.0. The molecule has 0 saturated carbocycles. The Kier molecular flexibility index (Phi) is 5.56. The fourth-order valence-corrected chi connectivity index (χ4v) is 3.49. The van der Waals surface area contributed by atoms with E-state index < -0.39 is 5.79 Å². The Bertz CT molecular complexity index is 806. The molecule has 2 aliphatic heterocycles. The van der Waals surface area contributed by atoms with E-state index in [0.717, 1.165) is 18.1 Å². The quantitative estimate of drug-likeness (QED) is 0.620. The molecule has 2 saturated heterocycles. The van der Waals surface area contributed by atoms with Gasteiger partial charge in [-0.2, -0.15) is 0 Å². The van der Waals surface area contributed by atoms with E-state index in [2.05, 4.69) is 38.1 Å². The number of epoxide rings is 1. The Morgan fingerprint density at radius 3 is 1.72 bits per heavy atom. The van der Waals surface area contributed by atoms with Gasteiger partial charge in [0.2, 0.25) is 0 Å². The molecule has 0 bridgehead atoms. The molecule has 2 fully saturated rings. The molecule has 2 aliphatic rings. The molecule has 5 nitrogen and oxygen atoms in total. The maximum absolute atomic E-state index is 5.89. The summed E-state index contributed by atoms with van der Waals surface area (Å²) < 4.78 is 28.2. The predicted molar refractivity (Wildman–Crippen MR) is 111 cm³/mol. The smallest absolute Gasteiger partial charge is 0.163 e. The van der Waals surface area contributed by atoms with Crippen LogP contribution in [0.1, 0.15) is 38.8 Å². The fourth-order valence-electron chi connectivity index (χ4n) is 3.49. The Morgan fingerprint density at radius 2 is 1.31 bits per heavy atom. The van der Waals surface area contributed by atoms with E-state index in [0.29, 0.717) is 19.8 Å². The summed E-state index contributed by atoms with van der Waals surface area (Å²) in [5, 5.41) is 0. The molecule has 2 aromatic rings. The average Bonchev–Trinajstić information content (AvgIpc) is 3.47. The second-order valence-corrected chi connectivity index (χ2v) is 8.70. The summed E-state index contributed by atoms with van der Waals surface area (Å²) in [7, 11) is 0. The summed E-state index contributed by atoms with van der Waals surface area (Å²) in [4.78, 5) is 0. The maximum Gasteiger partial charge on any atom is 0.163 e. The minimum absolute atomic E-state index is 0.0340. The average molecular weight is 398 g/mol. The number of rotatable bonds is 8. The second kappa shape index (κ2) is 7.98. The van der Waals surface area contributed by atoms with Gasteiger partial charge in [0.05, 0.1) is 13.2 Å². The third kappa shape index (κ3) is 5.10. The molecule has 2 atom stereocenters. The molecule has 0 radical (unpaired) electrons. The lowest BCUT2D eigenvalue weighted by Gasteiger charge is -2.26. The summed E-state index contributed by atoms with van der Waals surface area (Å²) in [6.07, 6.45) is 0.236. The zero-order valence-electron chi connectivity index (χ0n) is 17.6. The van der Waals surface area contributed by atoms with Crippen LogP contribution in [0, 0.1) is 0 Å². The minimum Gasteiger partial charge on any atom is -0.491 e. The van der Waals surface area contributed by atoms with Gasteiger partial charge in [0.1, 0.15) is 36.9 Å². The van der Waals surface area contributed by atoms with Crippen molar-refractivity contribution in [3.63, 3.8) is 0 Å². The van der Waals surface area contributed by atoms with Crippen molar-refractivity contribution in [2.45, 2.75) is 51.1 Å². The van der Waals surface area contributed by atoms with Crippen LogP contribution >= 0.6 is 0 Å². The van der Waals surface area contributed by atoms with E-state index in [-0.39, 0.29) is 17.6 Å². The van der Waals surface area contributed by atoms with Crippen molar-refractivity contribution < 1.29 is 23.7 Å². The highest BCUT2D eigenvalue weighted by atomic mass is 16.7. The summed E-state index contributed by atoms with van der Waals surface area (Å²) >= 11 is 0. The molecule has 4 rings (SSSR count). The van der Waals surface area contributed by atoms with Crippen molar-refractivity contribution in [2.75, 3.05) is 26.4 Å². The Hall–Kier alpha value is -2.08. The van der Waals surface area contributed by atoms with Gasteiger partial charge in [-0.05, 0) is 49.2 Å². The molecule has 2 heterocycles. The van der Waals surface area contributed by atoms with Crippen molar-refractivity contribution in [3.8, 4) is 11.5 Å². The van der Waals surface area contributed by atoms with E-state index in [9.17, 15) is 0 Å². The lowest BCUT2D eigenvalue weighted by molar-refractivity contribution is -0.141. The van der Waals surface area contributed by atoms with Crippen LogP contribution in [-0.4, -0.2) is 44.4 Å². The molecule has 0 aliphatic carbocycles. The van der Waals surface area contributed by atoms with Crippen LogP contribution in [0.3, 0.4) is 0 Å². The van der Waals surface area contributed by atoms with Crippen molar-refractivity contribution in [1.29, 1.82) is 0 Å². The lowest BCUT2D eigenvalue weighted by atomic mass is 9.78. The van der Waals surface area contributed by atoms with Crippen LogP contribution < -0.4 is 9.47 Å². The maximum atomic E-state index is 5.89. The van der Waals surface area contributed by atoms with Gasteiger partial charge in [0, 0.05) is 5.41 Å². The fraction of sp³-hybridized carbons (Fsp3) is 0.500. The van der Waals surface area contributed by atoms with E-state index >= 15 is 0 Å². The standard InChI is InChI=1S/C24H30O5/c1-23(2,17-5-9-19(10-6-17)25-13-21-14-27-21)18-7-11-20(12-8-18)26-15-22-16-28-24(3,4)29-22/h5-12,21-22H,13-16H2,1-4H3. The van der Waals surface area contributed by atoms with Gasteiger partial charge in [-0.15, -0.1) is 0 Å². The second-order valence-electron chi connectivity index (χ2n) is 8.70. The molecular formula is C24H30O5. The molecule has 0 amide bonds. The first kappa shape index (κ1) is 20.2. The van der Waals surface area contributed by atoms with Crippen molar-refractivity contribution >= 4 is 0 Å². The van der Waals surface area contributed by atoms with Crippen LogP contribution in [0.5, 0.6) is 11.5 Å². The van der Waals surface area contributed by atoms with Crippen molar-refractivity contribution in [3.05, 3.63) is 59.7 Å². The molecule has 2 unspecified atom stereocenters. The van der Waals surface area contributed by atoms with E-state index in [1.54, 1.807) is 0 Å². The molecular weight excluding hydrogens is 368 g/mol. The summed E-state index contributed by atoms with van der Waals surface area (Å²) in [6, 6.07) is 16.6. The monoisotopic (exact) mass is 398 g/mol. The van der Waals surface area contributed by atoms with Gasteiger partial charge in [-0.3, -0.25) is 0 Å². The van der Waals surface area contributed by atoms with E-state index in [1.807, 2.05) is 38.1 Å². The number of ether oxygens (including phenoxy) is 5. The van der Waals surface area contributed by atoms with Gasteiger partial charge >= 0.3 is 0 Å². The first-order valence-electron chi connectivity index (χ1n) is 10.2. The highest BCUT2D eigenvalue weighted by molar-refractivity contribution is 5.41. The van der Waals surface area contributed by atoms with E-state index in [1.165, 1.54) is 11.1 Å². The molecule has 29 heavy (non-hydrogen) atoms. The Balaban J connectivity index is 1.35. The van der Waals surface area contributed by atoms with Gasteiger partial charge < -0.3 is 23.7 Å². The van der Waals surface area contributed by atoms with Crippen LogP contribution in [0.15, 0.2) is 48.5 Å². The Labute approximate surface area is 172 Å². The van der Waals surface area contributed by atoms with Gasteiger partial charge in [-0.25, -0.2) is 0 Å². The van der Waals surface area contributed by atoms with Crippen molar-refractivity contribution in [2.24, 2.45) is 0 Å². The molecule has 0 aromatic heterocycles. The molecule has 5 heteroatoms. The first-order valence-corrected chi connectivity index (χ1v) is 10.2. The topological polar surface area (TPSA) is 49.5 Å². The molecule has 0 spiro atoms. The zero-order chi connectivity index (χ0) is 20.5. The van der Waals surface area contributed by atoms with Gasteiger partial charge in [0.15, 0.2) is 5.79 Å². The van der Waals surface area contributed by atoms with Crippen LogP contribution in [0.2, 0.25) is 0 Å². The summed E-state index contributed by atoms with van der Waals surface area (Å²) in [6.45, 7) is 10.8. The molecule has 156 valence electrons. The molecule has 2 aromatic carbocycles. The van der Waals surface area contributed by atoms with Gasteiger partial charge in [-0.1, -0.05) is 38.1 Å². The predicted octanol–water partition coefficient (Wildman–Crippen LogP) is 4.32. The first-order chi connectivity index (χ1) is 13.8. The van der Waals surface area contributed by atoms with E-state index in [4.69, 9.17) is 23.7 Å². The number of hydrogen-bond acceptors (Lipinski definition) is 5. The van der Waals surface area contributed by atoms with Gasteiger partial charge in [0.25, 0.3) is 0 Å². The Morgan fingerprint density at radius 1 is 0.828 bits per heavy atom. The molecule has 0 N–H and O–H groups in total. The largest absolute Gasteiger partial charge is 0.491 e. The lowest BCUT2D eigenvalue weighted by Crippen LogP contribution is -2.25. The highest BCUT2D eigenvalue weighted by Gasteiger charge is 2.33. The van der Waals surface area contributed by atoms with Crippen LogP contribution in [-0.2, 0) is 19.6 Å². The summed E-state index contributed by atoms with van der Waals surface area (Å²) in [5.41, 5.74) is 2.34. The van der Waals surface area contributed by atoms with Crippen molar-refractivity contribution in [1.82, 2.24) is 0 Å². The highest BCUT2D eigenvalue weighted by Crippen LogP contribution is 2.33. The third-order valence-corrected chi connectivity index (χ3v) is 5.49. The number of benzene rings is 2. The van der Waals surface area contributed by atoms with Crippen LogP contribution in [0.4, 0.5) is 0 Å².